The summed E-state index contributed by atoms with van der Waals surface area (Å²) in [5.74, 6) is 1.12. The SMILES string of the molecule is O=C(C1CCN(c2ccc3nncn3n2)C1)N1CCc2ccccc21. The van der Waals surface area contributed by atoms with Gasteiger partial charge in [0.15, 0.2) is 5.65 Å². The van der Waals surface area contributed by atoms with Crippen molar-refractivity contribution in [2.45, 2.75) is 12.8 Å². The second kappa shape index (κ2) is 5.54. The van der Waals surface area contributed by atoms with E-state index in [1.807, 2.05) is 29.2 Å². The molecule has 0 saturated carbocycles. The lowest BCUT2D eigenvalue weighted by Crippen LogP contribution is -2.36. The Kier molecular flexibility index (Phi) is 3.19. The normalized spacial score (nSPS) is 19.6. The summed E-state index contributed by atoms with van der Waals surface area (Å²) in [5, 5.41) is 12.4. The van der Waals surface area contributed by atoms with Crippen LogP contribution in [0.5, 0.6) is 0 Å². The molecule has 7 heteroatoms. The van der Waals surface area contributed by atoms with E-state index in [-0.39, 0.29) is 11.8 Å². The van der Waals surface area contributed by atoms with Crippen LogP contribution in [0.1, 0.15) is 12.0 Å². The fraction of sp³-hybridized carbons (Fsp3) is 0.333. The molecule has 2 aliphatic heterocycles. The van der Waals surface area contributed by atoms with Gasteiger partial charge in [-0.3, -0.25) is 4.79 Å². The Morgan fingerprint density at radius 1 is 1.12 bits per heavy atom. The average molecular weight is 334 g/mol. The van der Waals surface area contributed by atoms with Crippen LogP contribution in [0.25, 0.3) is 5.65 Å². The molecule has 2 aliphatic rings. The van der Waals surface area contributed by atoms with Crippen molar-refractivity contribution in [1.82, 2.24) is 19.8 Å². The van der Waals surface area contributed by atoms with Gasteiger partial charge in [-0.05, 0) is 36.6 Å². The monoisotopic (exact) mass is 334 g/mol. The summed E-state index contributed by atoms with van der Waals surface area (Å²) in [4.78, 5) is 17.1. The first kappa shape index (κ1) is 14.4. The van der Waals surface area contributed by atoms with E-state index in [1.54, 1.807) is 10.8 Å². The first-order valence-electron chi connectivity index (χ1n) is 8.61. The molecule has 5 rings (SSSR count). The molecule has 1 amide bonds. The summed E-state index contributed by atoms with van der Waals surface area (Å²) in [5.41, 5.74) is 3.07. The molecule has 4 heterocycles. The summed E-state index contributed by atoms with van der Waals surface area (Å²) in [6, 6.07) is 12.1. The van der Waals surface area contributed by atoms with E-state index in [0.717, 1.165) is 43.1 Å². The minimum atomic E-state index is 0.0181. The molecule has 0 N–H and O–H groups in total. The number of benzene rings is 1. The zero-order valence-electron chi connectivity index (χ0n) is 13.7. The molecular weight excluding hydrogens is 316 g/mol. The van der Waals surface area contributed by atoms with Crippen molar-refractivity contribution in [2.75, 3.05) is 29.4 Å². The molecule has 0 radical (unpaired) electrons. The lowest BCUT2D eigenvalue weighted by molar-refractivity contribution is -0.121. The minimum Gasteiger partial charge on any atom is -0.354 e. The molecule has 0 aliphatic carbocycles. The summed E-state index contributed by atoms with van der Waals surface area (Å²) in [6.45, 7) is 2.34. The topological polar surface area (TPSA) is 66.6 Å². The Morgan fingerprint density at radius 3 is 3.00 bits per heavy atom. The summed E-state index contributed by atoms with van der Waals surface area (Å²) >= 11 is 0. The van der Waals surface area contributed by atoms with E-state index < -0.39 is 0 Å². The summed E-state index contributed by atoms with van der Waals surface area (Å²) < 4.78 is 1.67. The van der Waals surface area contributed by atoms with Crippen molar-refractivity contribution in [3.05, 3.63) is 48.3 Å². The molecule has 1 atom stereocenters. The highest BCUT2D eigenvalue weighted by Gasteiger charge is 2.35. The zero-order chi connectivity index (χ0) is 16.8. The van der Waals surface area contributed by atoms with Crippen LogP contribution in [-0.2, 0) is 11.2 Å². The number of carbonyl (C=O) groups is 1. The van der Waals surface area contributed by atoms with Gasteiger partial charge in [0.1, 0.15) is 12.1 Å². The highest BCUT2D eigenvalue weighted by atomic mass is 16.2. The van der Waals surface area contributed by atoms with E-state index >= 15 is 0 Å². The Balaban J connectivity index is 1.34. The lowest BCUT2D eigenvalue weighted by atomic mass is 10.1. The zero-order valence-corrected chi connectivity index (χ0v) is 13.7. The number of para-hydroxylation sites is 1. The smallest absolute Gasteiger partial charge is 0.231 e. The summed E-state index contributed by atoms with van der Waals surface area (Å²) in [6.07, 6.45) is 3.41. The third-order valence-corrected chi connectivity index (χ3v) is 5.16. The molecule has 126 valence electrons. The second-order valence-corrected chi connectivity index (χ2v) is 6.63. The molecule has 1 unspecified atom stereocenters. The van der Waals surface area contributed by atoms with Crippen molar-refractivity contribution >= 4 is 23.1 Å². The van der Waals surface area contributed by atoms with Gasteiger partial charge in [-0.15, -0.1) is 15.3 Å². The molecule has 2 aromatic heterocycles. The fourth-order valence-electron chi connectivity index (χ4n) is 3.84. The van der Waals surface area contributed by atoms with Gasteiger partial charge in [-0.1, -0.05) is 18.2 Å². The Labute approximate surface area is 144 Å². The molecule has 7 nitrogen and oxygen atoms in total. The maximum Gasteiger partial charge on any atom is 0.231 e. The number of amides is 1. The van der Waals surface area contributed by atoms with Crippen LogP contribution in [0.2, 0.25) is 0 Å². The fourth-order valence-corrected chi connectivity index (χ4v) is 3.84. The molecule has 1 saturated heterocycles. The molecule has 1 fully saturated rings. The van der Waals surface area contributed by atoms with Crippen LogP contribution in [0.4, 0.5) is 11.5 Å². The largest absolute Gasteiger partial charge is 0.354 e. The third-order valence-electron chi connectivity index (χ3n) is 5.16. The number of hydrogen-bond donors (Lipinski definition) is 0. The van der Waals surface area contributed by atoms with Gasteiger partial charge in [0.05, 0.1) is 5.92 Å². The van der Waals surface area contributed by atoms with Crippen molar-refractivity contribution in [2.24, 2.45) is 5.92 Å². The minimum absolute atomic E-state index is 0.0181. The highest BCUT2D eigenvalue weighted by Crippen LogP contribution is 2.31. The summed E-state index contributed by atoms with van der Waals surface area (Å²) in [7, 11) is 0. The van der Waals surface area contributed by atoms with Gasteiger partial charge in [0, 0.05) is 25.3 Å². The third kappa shape index (κ3) is 2.34. The van der Waals surface area contributed by atoms with Gasteiger partial charge in [-0.2, -0.15) is 4.52 Å². The van der Waals surface area contributed by atoms with Crippen molar-refractivity contribution in [1.29, 1.82) is 0 Å². The average Bonchev–Trinajstić information content (AvgIpc) is 3.38. The van der Waals surface area contributed by atoms with Gasteiger partial charge >= 0.3 is 0 Å². The van der Waals surface area contributed by atoms with Gasteiger partial charge in [-0.25, -0.2) is 0 Å². The number of rotatable bonds is 2. The highest BCUT2D eigenvalue weighted by molar-refractivity contribution is 5.97. The molecule has 3 aromatic rings. The Bertz CT molecular complexity index is 951. The molecule has 0 spiro atoms. The number of fused-ring (bicyclic) bond motifs is 2. The van der Waals surface area contributed by atoms with E-state index in [2.05, 4.69) is 32.3 Å². The first-order chi connectivity index (χ1) is 12.3. The molecule has 1 aromatic carbocycles. The number of aromatic nitrogens is 4. The van der Waals surface area contributed by atoms with E-state index in [9.17, 15) is 4.79 Å². The molecule has 25 heavy (non-hydrogen) atoms. The van der Waals surface area contributed by atoms with Crippen LogP contribution in [0.15, 0.2) is 42.7 Å². The molecular formula is C18H18N6O. The lowest BCUT2D eigenvalue weighted by Gasteiger charge is -2.22. The maximum absolute atomic E-state index is 13.0. The first-order valence-corrected chi connectivity index (χ1v) is 8.61. The van der Waals surface area contributed by atoms with E-state index in [1.165, 1.54) is 5.56 Å². The van der Waals surface area contributed by atoms with E-state index in [4.69, 9.17) is 0 Å². The van der Waals surface area contributed by atoms with Gasteiger partial charge in [0.25, 0.3) is 0 Å². The standard InChI is InChI=1S/C18H18N6O/c25-18(23-10-8-13-3-1-2-4-15(13)23)14-7-9-22(11-14)17-6-5-16-20-19-12-24(16)21-17/h1-6,12,14H,7-11H2. The number of nitrogens with zero attached hydrogens (tertiary/aromatic N) is 6. The Hall–Kier alpha value is -2.96. The van der Waals surface area contributed by atoms with Crippen LogP contribution in [0, 0.1) is 5.92 Å². The van der Waals surface area contributed by atoms with Crippen molar-refractivity contribution in [3.8, 4) is 0 Å². The number of anilines is 2. The molecule has 0 bridgehead atoms. The van der Waals surface area contributed by atoms with Crippen LogP contribution in [0.3, 0.4) is 0 Å². The number of carbonyl (C=O) groups excluding carboxylic acids is 1. The van der Waals surface area contributed by atoms with E-state index in [0.29, 0.717) is 6.54 Å². The Morgan fingerprint density at radius 2 is 2.04 bits per heavy atom. The van der Waals surface area contributed by atoms with Crippen molar-refractivity contribution < 1.29 is 4.79 Å². The van der Waals surface area contributed by atoms with Crippen molar-refractivity contribution in [3.63, 3.8) is 0 Å². The number of hydrogen-bond acceptors (Lipinski definition) is 5. The maximum atomic E-state index is 13.0. The quantitative estimate of drug-likeness (QED) is 0.711. The van der Waals surface area contributed by atoms with Gasteiger partial charge in [0.2, 0.25) is 5.91 Å². The second-order valence-electron chi connectivity index (χ2n) is 6.63. The predicted molar refractivity (Wildman–Crippen MR) is 93.6 cm³/mol. The van der Waals surface area contributed by atoms with Gasteiger partial charge < -0.3 is 9.80 Å². The van der Waals surface area contributed by atoms with Crippen LogP contribution in [-0.4, -0.2) is 45.4 Å². The van der Waals surface area contributed by atoms with Crippen LogP contribution >= 0.6 is 0 Å². The van der Waals surface area contributed by atoms with Crippen LogP contribution < -0.4 is 9.80 Å². The predicted octanol–water partition coefficient (Wildman–Crippen LogP) is 1.54.